The quantitative estimate of drug-likeness (QED) is 0.497. The predicted octanol–water partition coefficient (Wildman–Crippen LogP) is 3.35. The van der Waals surface area contributed by atoms with Crippen molar-refractivity contribution in [3.63, 3.8) is 0 Å². The van der Waals surface area contributed by atoms with E-state index in [0.29, 0.717) is 23.7 Å². The third-order valence-electron chi connectivity index (χ3n) is 2.65. The van der Waals surface area contributed by atoms with E-state index in [1.54, 1.807) is 25.1 Å². The van der Waals surface area contributed by atoms with Crippen molar-refractivity contribution in [1.29, 1.82) is 0 Å². The largest absolute Gasteiger partial charge is 0.465 e. The number of hydrogen-bond donors (Lipinski definition) is 1. The molecule has 5 nitrogen and oxygen atoms in total. The second-order valence-electron chi connectivity index (χ2n) is 4.18. The molecule has 0 atom stereocenters. The number of carbonyl (C=O) groups is 2. The number of hydrogen-bond acceptors (Lipinski definition) is 4. The summed E-state index contributed by atoms with van der Waals surface area (Å²) in [6, 6.07) is 4.87. The SMILES string of the molecule is COC(=O)c1ccc(NC(=O)OCCCCCl)c(C)c1. The maximum atomic E-state index is 11.5. The van der Waals surface area contributed by atoms with Gasteiger partial charge in [0, 0.05) is 11.6 Å². The van der Waals surface area contributed by atoms with Crippen LogP contribution in [0.2, 0.25) is 0 Å². The van der Waals surface area contributed by atoms with E-state index in [4.69, 9.17) is 16.3 Å². The zero-order valence-corrected chi connectivity index (χ0v) is 12.3. The second-order valence-corrected chi connectivity index (χ2v) is 4.56. The van der Waals surface area contributed by atoms with E-state index >= 15 is 0 Å². The molecule has 0 radical (unpaired) electrons. The van der Waals surface area contributed by atoms with Gasteiger partial charge < -0.3 is 9.47 Å². The summed E-state index contributed by atoms with van der Waals surface area (Å²) in [7, 11) is 1.32. The number of rotatable bonds is 6. The molecule has 1 rings (SSSR count). The molecular weight excluding hydrogens is 282 g/mol. The normalized spacial score (nSPS) is 9.95. The standard InChI is InChI=1S/C14H18ClNO4/c1-10-9-11(13(17)19-2)5-6-12(10)16-14(18)20-8-4-3-7-15/h5-6,9H,3-4,7-8H2,1-2H3,(H,16,18). The number of methoxy groups -OCH3 is 1. The Bertz CT molecular complexity index is 476. The van der Waals surface area contributed by atoms with E-state index in [1.807, 2.05) is 0 Å². The lowest BCUT2D eigenvalue weighted by molar-refractivity contribution is 0.0600. The van der Waals surface area contributed by atoms with E-state index in [-0.39, 0.29) is 0 Å². The zero-order chi connectivity index (χ0) is 15.0. The summed E-state index contributed by atoms with van der Waals surface area (Å²) in [5, 5.41) is 2.63. The molecule has 0 aromatic heterocycles. The van der Waals surface area contributed by atoms with Gasteiger partial charge in [-0.3, -0.25) is 5.32 Å². The van der Waals surface area contributed by atoms with E-state index in [2.05, 4.69) is 10.1 Å². The minimum atomic E-state index is -0.520. The number of anilines is 1. The fraction of sp³-hybridized carbons (Fsp3) is 0.429. The number of ether oxygens (including phenoxy) is 2. The first kappa shape index (κ1) is 16.3. The van der Waals surface area contributed by atoms with Crippen LogP contribution >= 0.6 is 11.6 Å². The van der Waals surface area contributed by atoms with E-state index < -0.39 is 12.1 Å². The number of alkyl halides is 1. The molecule has 20 heavy (non-hydrogen) atoms. The Morgan fingerprint density at radius 2 is 2.05 bits per heavy atom. The summed E-state index contributed by atoms with van der Waals surface area (Å²) in [5.74, 6) is 0.141. The molecule has 0 bridgehead atoms. The number of amides is 1. The average Bonchev–Trinajstić information content (AvgIpc) is 2.45. The predicted molar refractivity (Wildman–Crippen MR) is 77.4 cm³/mol. The van der Waals surface area contributed by atoms with Gasteiger partial charge in [-0.15, -0.1) is 11.6 Å². The van der Waals surface area contributed by atoms with E-state index in [1.165, 1.54) is 7.11 Å². The van der Waals surface area contributed by atoms with Crippen LogP contribution in [0.5, 0.6) is 0 Å². The molecule has 110 valence electrons. The van der Waals surface area contributed by atoms with Crippen LogP contribution < -0.4 is 5.32 Å². The fourth-order valence-electron chi connectivity index (χ4n) is 1.56. The Morgan fingerprint density at radius 1 is 1.30 bits per heavy atom. The Morgan fingerprint density at radius 3 is 2.65 bits per heavy atom. The van der Waals surface area contributed by atoms with Gasteiger partial charge >= 0.3 is 12.1 Å². The molecule has 0 heterocycles. The fourth-order valence-corrected chi connectivity index (χ4v) is 1.75. The van der Waals surface area contributed by atoms with Crippen LogP contribution in [0.1, 0.15) is 28.8 Å². The van der Waals surface area contributed by atoms with Crippen LogP contribution in [0.3, 0.4) is 0 Å². The maximum absolute atomic E-state index is 11.5. The molecule has 0 saturated carbocycles. The van der Waals surface area contributed by atoms with Gasteiger partial charge in [0.2, 0.25) is 0 Å². The molecule has 6 heteroatoms. The van der Waals surface area contributed by atoms with E-state index in [9.17, 15) is 9.59 Å². The van der Waals surface area contributed by atoms with Gasteiger partial charge in [0.05, 0.1) is 19.3 Å². The van der Waals surface area contributed by atoms with Crippen LogP contribution in [0, 0.1) is 6.92 Å². The van der Waals surface area contributed by atoms with Gasteiger partial charge in [-0.05, 0) is 43.5 Å². The third kappa shape index (κ3) is 5.09. The molecule has 1 amide bonds. The summed E-state index contributed by atoms with van der Waals surface area (Å²) in [4.78, 5) is 22.9. The van der Waals surface area contributed by atoms with Crippen LogP contribution in [0.4, 0.5) is 10.5 Å². The first-order valence-electron chi connectivity index (χ1n) is 6.27. The molecule has 0 spiro atoms. The highest BCUT2D eigenvalue weighted by Crippen LogP contribution is 2.17. The van der Waals surface area contributed by atoms with Gasteiger partial charge in [0.15, 0.2) is 0 Å². The van der Waals surface area contributed by atoms with Crippen LogP contribution in [-0.2, 0) is 9.47 Å². The topological polar surface area (TPSA) is 64.6 Å². The summed E-state index contributed by atoms with van der Waals surface area (Å²) < 4.78 is 9.63. The molecule has 1 aromatic rings. The number of benzene rings is 1. The minimum Gasteiger partial charge on any atom is -0.465 e. The molecule has 0 aliphatic rings. The van der Waals surface area contributed by atoms with Crippen molar-refractivity contribution in [3.05, 3.63) is 29.3 Å². The number of unbranched alkanes of at least 4 members (excludes halogenated alkanes) is 1. The van der Waals surface area contributed by atoms with Gasteiger partial charge in [-0.25, -0.2) is 9.59 Å². The number of carbonyl (C=O) groups excluding carboxylic acids is 2. The molecule has 0 fully saturated rings. The Balaban J connectivity index is 2.55. The van der Waals surface area contributed by atoms with E-state index in [0.717, 1.165) is 18.4 Å². The van der Waals surface area contributed by atoms with Crippen molar-refractivity contribution in [3.8, 4) is 0 Å². The third-order valence-corrected chi connectivity index (χ3v) is 2.91. The van der Waals surface area contributed by atoms with Crippen LogP contribution in [0.15, 0.2) is 18.2 Å². The smallest absolute Gasteiger partial charge is 0.411 e. The van der Waals surface area contributed by atoms with Crippen molar-refractivity contribution < 1.29 is 19.1 Å². The van der Waals surface area contributed by atoms with Crippen LogP contribution in [0.25, 0.3) is 0 Å². The molecule has 1 aromatic carbocycles. The molecule has 0 unspecified atom stereocenters. The highest BCUT2D eigenvalue weighted by molar-refractivity contribution is 6.17. The van der Waals surface area contributed by atoms with Crippen molar-refractivity contribution in [2.45, 2.75) is 19.8 Å². The summed E-state index contributed by atoms with van der Waals surface area (Å²) in [6.07, 6.45) is 1.02. The summed E-state index contributed by atoms with van der Waals surface area (Å²) in [6.45, 7) is 2.12. The van der Waals surface area contributed by atoms with Gasteiger partial charge in [-0.1, -0.05) is 0 Å². The highest BCUT2D eigenvalue weighted by atomic mass is 35.5. The van der Waals surface area contributed by atoms with Gasteiger partial charge in [0.1, 0.15) is 0 Å². The van der Waals surface area contributed by atoms with Gasteiger partial charge in [0.25, 0.3) is 0 Å². The van der Waals surface area contributed by atoms with Crippen molar-refractivity contribution in [1.82, 2.24) is 0 Å². The first-order valence-corrected chi connectivity index (χ1v) is 6.80. The lowest BCUT2D eigenvalue weighted by atomic mass is 10.1. The molecular formula is C14H18ClNO4. The zero-order valence-electron chi connectivity index (χ0n) is 11.6. The number of esters is 1. The van der Waals surface area contributed by atoms with Crippen molar-refractivity contribution in [2.75, 3.05) is 24.9 Å². The Labute approximate surface area is 123 Å². The van der Waals surface area contributed by atoms with Crippen LogP contribution in [-0.4, -0.2) is 31.7 Å². The molecule has 0 aliphatic heterocycles. The summed E-state index contributed by atoms with van der Waals surface area (Å²) in [5.41, 5.74) is 1.79. The average molecular weight is 300 g/mol. The lowest BCUT2D eigenvalue weighted by Gasteiger charge is -2.10. The minimum absolute atomic E-state index is 0.331. The molecule has 1 N–H and O–H groups in total. The summed E-state index contributed by atoms with van der Waals surface area (Å²) >= 11 is 5.53. The Hall–Kier alpha value is -1.75. The highest BCUT2D eigenvalue weighted by Gasteiger charge is 2.10. The first-order chi connectivity index (χ1) is 9.58. The monoisotopic (exact) mass is 299 g/mol. The second kappa shape index (κ2) is 8.43. The number of aryl methyl sites for hydroxylation is 1. The van der Waals surface area contributed by atoms with Crippen molar-refractivity contribution >= 4 is 29.4 Å². The Kier molecular flexibility index (Phi) is 6.87. The van der Waals surface area contributed by atoms with Gasteiger partial charge in [-0.2, -0.15) is 0 Å². The molecule has 0 aliphatic carbocycles. The molecule has 0 saturated heterocycles. The van der Waals surface area contributed by atoms with Crippen molar-refractivity contribution in [2.24, 2.45) is 0 Å². The maximum Gasteiger partial charge on any atom is 0.411 e. The lowest BCUT2D eigenvalue weighted by Crippen LogP contribution is -2.15. The number of halogens is 1. The number of nitrogens with one attached hydrogen (secondary N) is 1.